The molecule has 0 saturated carbocycles. The number of nitrogens with zero attached hydrogens (tertiary/aromatic N) is 2. The molecule has 0 saturated heterocycles. The number of aryl methyl sites for hydroxylation is 1. The fraction of sp³-hybridized carbons (Fsp3) is 0.182. The van der Waals surface area contributed by atoms with Crippen LogP contribution in [-0.2, 0) is 10.5 Å². The molecule has 0 bridgehead atoms. The highest BCUT2D eigenvalue weighted by Gasteiger charge is 2.17. The van der Waals surface area contributed by atoms with Crippen molar-refractivity contribution < 1.29 is 9.53 Å². The van der Waals surface area contributed by atoms with Crippen molar-refractivity contribution in [1.29, 1.82) is 0 Å². The van der Waals surface area contributed by atoms with Gasteiger partial charge in [0.25, 0.3) is 0 Å². The standard InChI is InChI=1S/C22H21N3O2S/c1-14-6-4-5-7-17(14)20-19(13-28-3)25-11-10-15-8-9-16(23-22(26)27-2)12-18(15)21(25)24-20/h4-12H,13H2,1-3H3,(H,23,26). The minimum absolute atomic E-state index is 0.488. The predicted octanol–water partition coefficient (Wildman–Crippen LogP) is 5.50. The van der Waals surface area contributed by atoms with E-state index in [0.29, 0.717) is 5.69 Å². The van der Waals surface area contributed by atoms with Crippen LogP contribution in [0.2, 0.25) is 0 Å². The molecule has 1 amide bonds. The summed E-state index contributed by atoms with van der Waals surface area (Å²) in [6, 6.07) is 16.2. The summed E-state index contributed by atoms with van der Waals surface area (Å²) in [6.45, 7) is 2.11. The lowest BCUT2D eigenvalue weighted by Crippen LogP contribution is -2.10. The molecule has 2 aromatic heterocycles. The second-order valence-corrected chi connectivity index (χ2v) is 7.45. The Morgan fingerprint density at radius 2 is 2.04 bits per heavy atom. The highest BCUT2D eigenvalue weighted by atomic mass is 32.2. The first-order valence-corrected chi connectivity index (χ1v) is 10.4. The van der Waals surface area contributed by atoms with Crippen LogP contribution in [0, 0.1) is 6.92 Å². The van der Waals surface area contributed by atoms with E-state index in [-0.39, 0.29) is 0 Å². The minimum atomic E-state index is -0.488. The molecule has 4 aromatic rings. The van der Waals surface area contributed by atoms with Gasteiger partial charge >= 0.3 is 6.09 Å². The molecule has 5 nitrogen and oxygen atoms in total. The molecule has 0 aliphatic heterocycles. The Hall–Kier alpha value is -2.99. The van der Waals surface area contributed by atoms with Crippen LogP contribution in [0.15, 0.2) is 54.7 Å². The van der Waals surface area contributed by atoms with Gasteiger partial charge in [-0.2, -0.15) is 11.8 Å². The lowest BCUT2D eigenvalue weighted by Gasteiger charge is -2.08. The van der Waals surface area contributed by atoms with Gasteiger partial charge in [-0.15, -0.1) is 0 Å². The topological polar surface area (TPSA) is 55.6 Å². The van der Waals surface area contributed by atoms with Gasteiger partial charge in [0.1, 0.15) is 5.65 Å². The first-order chi connectivity index (χ1) is 13.6. The number of aromatic nitrogens is 2. The van der Waals surface area contributed by atoms with Crippen molar-refractivity contribution in [1.82, 2.24) is 9.38 Å². The van der Waals surface area contributed by atoms with Crippen LogP contribution in [0.4, 0.5) is 10.5 Å². The van der Waals surface area contributed by atoms with E-state index in [4.69, 9.17) is 9.72 Å². The number of benzene rings is 2. The van der Waals surface area contributed by atoms with Crippen LogP contribution in [0.3, 0.4) is 0 Å². The van der Waals surface area contributed by atoms with Gasteiger partial charge < -0.3 is 9.14 Å². The number of nitrogens with one attached hydrogen (secondary N) is 1. The van der Waals surface area contributed by atoms with Crippen molar-refractivity contribution >= 4 is 40.0 Å². The lowest BCUT2D eigenvalue weighted by atomic mass is 10.0. The molecule has 2 heterocycles. The number of amides is 1. The van der Waals surface area contributed by atoms with Crippen molar-refractivity contribution in [2.75, 3.05) is 18.7 Å². The average Bonchev–Trinajstić information content (AvgIpc) is 3.07. The van der Waals surface area contributed by atoms with Crippen LogP contribution in [0.5, 0.6) is 0 Å². The number of thioether (sulfide) groups is 1. The van der Waals surface area contributed by atoms with E-state index < -0.39 is 6.09 Å². The third-order valence-corrected chi connectivity index (χ3v) is 5.38. The molecule has 28 heavy (non-hydrogen) atoms. The number of carbonyl (C=O) groups is 1. The van der Waals surface area contributed by atoms with Crippen LogP contribution >= 0.6 is 11.8 Å². The Morgan fingerprint density at radius 3 is 2.79 bits per heavy atom. The highest BCUT2D eigenvalue weighted by Crippen LogP contribution is 2.32. The number of imidazole rings is 1. The summed E-state index contributed by atoms with van der Waals surface area (Å²) in [5.41, 5.74) is 6.08. The molecule has 142 valence electrons. The third-order valence-electron chi connectivity index (χ3n) is 4.82. The second-order valence-electron chi connectivity index (χ2n) is 6.58. The van der Waals surface area contributed by atoms with Crippen LogP contribution < -0.4 is 5.32 Å². The van der Waals surface area contributed by atoms with E-state index in [2.05, 4.69) is 47.3 Å². The van der Waals surface area contributed by atoms with Gasteiger partial charge in [0.2, 0.25) is 0 Å². The number of pyridine rings is 1. The Bertz CT molecular complexity index is 1180. The van der Waals surface area contributed by atoms with Crippen LogP contribution in [0.25, 0.3) is 27.7 Å². The summed E-state index contributed by atoms with van der Waals surface area (Å²) in [5.74, 6) is 0.858. The zero-order chi connectivity index (χ0) is 19.7. The number of hydrogen-bond acceptors (Lipinski definition) is 4. The van der Waals surface area contributed by atoms with Gasteiger partial charge in [-0.3, -0.25) is 5.32 Å². The number of rotatable bonds is 4. The predicted molar refractivity (Wildman–Crippen MR) is 116 cm³/mol. The maximum absolute atomic E-state index is 11.6. The fourth-order valence-electron chi connectivity index (χ4n) is 3.44. The van der Waals surface area contributed by atoms with E-state index in [0.717, 1.165) is 33.4 Å². The lowest BCUT2D eigenvalue weighted by molar-refractivity contribution is 0.187. The summed E-state index contributed by atoms with van der Waals surface area (Å²) in [6.07, 6.45) is 3.68. The Morgan fingerprint density at radius 1 is 1.21 bits per heavy atom. The highest BCUT2D eigenvalue weighted by molar-refractivity contribution is 7.97. The monoisotopic (exact) mass is 391 g/mol. The van der Waals surface area contributed by atoms with Crippen molar-refractivity contribution in [2.45, 2.75) is 12.7 Å². The van der Waals surface area contributed by atoms with Crippen molar-refractivity contribution in [3.8, 4) is 11.3 Å². The Kier molecular flexibility index (Phi) is 4.96. The summed E-state index contributed by atoms with van der Waals surface area (Å²) in [7, 11) is 1.35. The number of carbonyl (C=O) groups excluding carboxylic acids is 1. The summed E-state index contributed by atoms with van der Waals surface area (Å²) >= 11 is 1.77. The number of hydrogen-bond donors (Lipinski definition) is 1. The molecule has 0 fully saturated rings. The first-order valence-electron chi connectivity index (χ1n) is 8.96. The van der Waals surface area contributed by atoms with Crippen LogP contribution in [-0.4, -0.2) is 28.8 Å². The number of ether oxygens (including phenoxy) is 1. The van der Waals surface area contributed by atoms with Crippen molar-refractivity contribution in [3.63, 3.8) is 0 Å². The van der Waals surface area contributed by atoms with Gasteiger partial charge in [-0.25, -0.2) is 9.78 Å². The fourth-order valence-corrected chi connectivity index (χ4v) is 3.99. The molecule has 0 spiro atoms. The molecule has 0 radical (unpaired) electrons. The van der Waals surface area contributed by atoms with Gasteiger partial charge in [-0.1, -0.05) is 30.3 Å². The summed E-state index contributed by atoms with van der Waals surface area (Å²) in [5, 5.41) is 4.79. The van der Waals surface area contributed by atoms with E-state index >= 15 is 0 Å². The molecule has 4 rings (SSSR count). The smallest absolute Gasteiger partial charge is 0.411 e. The largest absolute Gasteiger partial charge is 0.453 e. The molecule has 1 N–H and O–H groups in total. The van der Waals surface area contributed by atoms with E-state index in [1.807, 2.05) is 30.3 Å². The zero-order valence-corrected chi connectivity index (χ0v) is 16.8. The number of fused-ring (bicyclic) bond motifs is 3. The molecular weight excluding hydrogens is 370 g/mol. The Labute approximate surface area is 167 Å². The Balaban J connectivity index is 1.97. The van der Waals surface area contributed by atoms with E-state index in [1.165, 1.54) is 18.4 Å². The zero-order valence-electron chi connectivity index (χ0n) is 16.0. The van der Waals surface area contributed by atoms with Crippen LogP contribution in [0.1, 0.15) is 11.3 Å². The molecular formula is C22H21N3O2S. The van der Waals surface area contributed by atoms with Gasteiger partial charge in [-0.05, 0) is 42.3 Å². The van der Waals surface area contributed by atoms with E-state index in [1.54, 1.807) is 11.8 Å². The van der Waals surface area contributed by atoms with Gasteiger partial charge in [0.05, 0.1) is 18.5 Å². The van der Waals surface area contributed by atoms with Crippen molar-refractivity contribution in [3.05, 3.63) is 66.0 Å². The number of anilines is 1. The molecule has 0 aliphatic carbocycles. The first kappa shape index (κ1) is 18.4. The van der Waals surface area contributed by atoms with E-state index in [9.17, 15) is 4.79 Å². The summed E-state index contributed by atoms with van der Waals surface area (Å²) < 4.78 is 6.86. The average molecular weight is 391 g/mol. The molecule has 2 aromatic carbocycles. The third kappa shape index (κ3) is 3.20. The molecule has 0 unspecified atom stereocenters. The minimum Gasteiger partial charge on any atom is -0.453 e. The quantitative estimate of drug-likeness (QED) is 0.499. The molecule has 0 aliphatic rings. The normalized spacial score (nSPS) is 11.1. The maximum Gasteiger partial charge on any atom is 0.411 e. The molecule has 6 heteroatoms. The molecule has 0 atom stereocenters. The van der Waals surface area contributed by atoms with Gasteiger partial charge in [0.15, 0.2) is 0 Å². The SMILES string of the molecule is COC(=O)Nc1ccc2ccn3c(CSC)c(-c4ccccc4C)nc3c2c1. The summed E-state index contributed by atoms with van der Waals surface area (Å²) in [4.78, 5) is 16.6. The van der Waals surface area contributed by atoms with Gasteiger partial charge in [0, 0.05) is 28.6 Å². The van der Waals surface area contributed by atoms with Crippen molar-refractivity contribution in [2.24, 2.45) is 0 Å². The second kappa shape index (κ2) is 7.56. The number of methoxy groups -OCH3 is 1. The maximum atomic E-state index is 11.6.